The van der Waals surface area contributed by atoms with Crippen LogP contribution in [0.3, 0.4) is 0 Å². The molecule has 1 saturated carbocycles. The first-order valence-electron chi connectivity index (χ1n) is 11.4. The molecule has 1 aromatic heterocycles. The van der Waals surface area contributed by atoms with Crippen molar-refractivity contribution < 1.29 is 19.8 Å². The Balaban J connectivity index is 1.87. The van der Waals surface area contributed by atoms with Crippen molar-refractivity contribution in [3.8, 4) is 12.3 Å². The third kappa shape index (κ3) is 5.49. The third-order valence-electron chi connectivity index (χ3n) is 6.22. The predicted octanol–water partition coefficient (Wildman–Crippen LogP) is 2.96. The molecule has 0 atom stereocenters. The Morgan fingerprint density at radius 2 is 2.03 bits per heavy atom. The van der Waals surface area contributed by atoms with E-state index in [1.807, 2.05) is 32.8 Å². The quantitative estimate of drug-likeness (QED) is 0.173. The summed E-state index contributed by atoms with van der Waals surface area (Å²) in [6.07, 6.45) is 9.55. The number of aliphatic imine (C=N–C) groups is 1. The highest BCUT2D eigenvalue weighted by atomic mass is 16.5. The minimum atomic E-state index is -1.04. The zero-order valence-corrected chi connectivity index (χ0v) is 20.2. The predicted molar refractivity (Wildman–Crippen MR) is 135 cm³/mol. The van der Waals surface area contributed by atoms with Gasteiger partial charge < -0.3 is 21.1 Å². The fourth-order valence-electron chi connectivity index (χ4n) is 4.08. The Labute approximate surface area is 201 Å². The molecule has 1 heterocycles. The summed E-state index contributed by atoms with van der Waals surface area (Å²) in [4.78, 5) is 19.6. The smallest absolute Gasteiger partial charge is 0.325 e. The second-order valence-electron chi connectivity index (χ2n) is 9.33. The van der Waals surface area contributed by atoms with Crippen LogP contribution in [0.15, 0.2) is 35.3 Å². The number of pyridine rings is 1. The Morgan fingerprint density at radius 3 is 2.62 bits per heavy atom. The number of nitrogen functional groups attached to an aromatic ring is 1. The van der Waals surface area contributed by atoms with Crippen LogP contribution in [0.4, 0.5) is 17.1 Å². The van der Waals surface area contributed by atoms with Crippen molar-refractivity contribution in [1.29, 1.82) is 0 Å². The minimum Gasteiger partial charge on any atom is -0.398 e. The van der Waals surface area contributed by atoms with Crippen LogP contribution in [0.2, 0.25) is 0 Å². The lowest BCUT2D eigenvalue weighted by Crippen LogP contribution is -2.43. The fraction of sp³-hybridized carbons (Fsp3) is 0.423. The summed E-state index contributed by atoms with van der Waals surface area (Å²) in [5.41, 5.74) is 8.49. The van der Waals surface area contributed by atoms with Crippen LogP contribution in [0.5, 0.6) is 0 Å². The van der Waals surface area contributed by atoms with E-state index < -0.39 is 11.5 Å². The zero-order valence-electron chi connectivity index (χ0n) is 20.2. The van der Waals surface area contributed by atoms with E-state index in [1.54, 1.807) is 36.5 Å². The highest BCUT2D eigenvalue weighted by Crippen LogP contribution is 2.32. The second-order valence-corrected chi connectivity index (χ2v) is 9.33. The van der Waals surface area contributed by atoms with Crippen LogP contribution in [0.25, 0.3) is 0 Å². The van der Waals surface area contributed by atoms with Crippen molar-refractivity contribution in [2.75, 3.05) is 30.0 Å². The largest absolute Gasteiger partial charge is 0.398 e. The molecule has 5 N–H and O–H groups in total. The summed E-state index contributed by atoms with van der Waals surface area (Å²) in [5, 5.41) is 23.7. The van der Waals surface area contributed by atoms with Gasteiger partial charge in [-0.15, -0.1) is 6.42 Å². The molecule has 1 aliphatic carbocycles. The van der Waals surface area contributed by atoms with Crippen LogP contribution in [-0.2, 0) is 0 Å². The molecule has 0 radical (unpaired) electrons. The normalized spacial score (nSPS) is 20.3. The molecule has 0 bridgehead atoms. The molecule has 1 aromatic carbocycles. The fourth-order valence-corrected chi connectivity index (χ4v) is 4.08. The van der Waals surface area contributed by atoms with E-state index in [4.69, 9.17) is 12.2 Å². The number of rotatable bonds is 6. The average molecular weight is 465 g/mol. The van der Waals surface area contributed by atoms with Crippen molar-refractivity contribution in [2.24, 2.45) is 4.99 Å². The zero-order chi connectivity index (χ0) is 25.0. The third-order valence-corrected chi connectivity index (χ3v) is 6.22. The first-order valence-corrected chi connectivity index (χ1v) is 11.4. The molecule has 1 aliphatic rings. The van der Waals surface area contributed by atoms with E-state index in [-0.39, 0.29) is 17.7 Å². The summed E-state index contributed by atoms with van der Waals surface area (Å²) >= 11 is 0. The van der Waals surface area contributed by atoms with Crippen LogP contribution in [-0.4, -0.2) is 48.2 Å². The summed E-state index contributed by atoms with van der Waals surface area (Å²) in [7, 11) is 3.72. The average Bonchev–Trinajstić information content (AvgIpc) is 2.79. The Kier molecular flexibility index (Phi) is 7.48. The number of amides is 1. The van der Waals surface area contributed by atoms with Crippen molar-refractivity contribution in [1.82, 2.24) is 0 Å². The monoisotopic (exact) mass is 464 g/mol. The van der Waals surface area contributed by atoms with E-state index in [0.717, 1.165) is 10.4 Å². The number of terminal acetylenes is 1. The second kappa shape index (κ2) is 10.1. The molecule has 0 spiro atoms. The number of hydrogen-bond acceptors (Lipinski definition) is 6. The SMILES string of the molecule is C#CC1(O)CCC(N=Cc2cc(NC(=O)c3cccc(C(C)C)[n+]3O)c(N(C)C)cc2N)CC1. The number of carbonyl (C=O) groups excluding carboxylic acids is 1. The lowest BCUT2D eigenvalue weighted by atomic mass is 9.83. The van der Waals surface area contributed by atoms with Gasteiger partial charge in [0.15, 0.2) is 0 Å². The minimum absolute atomic E-state index is 0.0471. The van der Waals surface area contributed by atoms with Crippen molar-refractivity contribution in [3.05, 3.63) is 47.3 Å². The van der Waals surface area contributed by atoms with Gasteiger partial charge in [0.25, 0.3) is 0 Å². The maximum absolute atomic E-state index is 13.1. The molecule has 2 aromatic rings. The van der Waals surface area contributed by atoms with Gasteiger partial charge in [-0.3, -0.25) is 15.0 Å². The first kappa shape index (κ1) is 25.1. The number of nitrogens with zero attached hydrogens (tertiary/aromatic N) is 3. The van der Waals surface area contributed by atoms with E-state index in [9.17, 15) is 15.1 Å². The maximum Gasteiger partial charge on any atom is 0.325 e. The Morgan fingerprint density at radius 1 is 1.35 bits per heavy atom. The van der Waals surface area contributed by atoms with E-state index >= 15 is 0 Å². The molecule has 180 valence electrons. The Bertz CT molecular complexity index is 1130. The number of anilines is 3. The molecule has 8 nitrogen and oxygen atoms in total. The van der Waals surface area contributed by atoms with Gasteiger partial charge in [0, 0.05) is 54.3 Å². The molecular weight excluding hydrogens is 430 g/mol. The number of nitrogens with two attached hydrogens (primary N) is 1. The molecule has 8 heteroatoms. The molecule has 0 saturated heterocycles. The summed E-state index contributed by atoms with van der Waals surface area (Å²) in [6, 6.07) is 8.70. The summed E-state index contributed by atoms with van der Waals surface area (Å²) in [6.45, 7) is 3.89. The Hall–Kier alpha value is -3.57. The van der Waals surface area contributed by atoms with Crippen LogP contribution < -0.4 is 20.7 Å². The van der Waals surface area contributed by atoms with Gasteiger partial charge >= 0.3 is 11.6 Å². The summed E-state index contributed by atoms with van der Waals surface area (Å²) in [5.74, 6) is 2.08. The number of benzene rings is 1. The highest BCUT2D eigenvalue weighted by Gasteiger charge is 2.31. The van der Waals surface area contributed by atoms with E-state index in [1.165, 1.54) is 0 Å². The van der Waals surface area contributed by atoms with Crippen molar-refractivity contribution >= 4 is 29.2 Å². The molecule has 1 amide bonds. The number of nitrogens with one attached hydrogen (secondary N) is 1. The lowest BCUT2D eigenvalue weighted by molar-refractivity contribution is -0.911. The first-order chi connectivity index (χ1) is 16.0. The topological polar surface area (TPSA) is 115 Å². The van der Waals surface area contributed by atoms with Crippen molar-refractivity contribution in [2.45, 2.75) is 57.1 Å². The molecule has 0 unspecified atom stereocenters. The summed E-state index contributed by atoms with van der Waals surface area (Å²) < 4.78 is 0.926. The van der Waals surface area contributed by atoms with Crippen LogP contribution in [0.1, 0.15) is 67.2 Å². The number of carbonyl (C=O) groups is 1. The van der Waals surface area contributed by atoms with Gasteiger partial charge in [0.1, 0.15) is 5.60 Å². The molecule has 1 fully saturated rings. The molecule has 3 rings (SSSR count). The van der Waals surface area contributed by atoms with Gasteiger partial charge in [-0.25, -0.2) is 0 Å². The van der Waals surface area contributed by atoms with E-state index in [0.29, 0.717) is 48.3 Å². The van der Waals surface area contributed by atoms with Crippen molar-refractivity contribution in [3.63, 3.8) is 0 Å². The molecular formula is C26H34N5O3+. The molecule has 0 aliphatic heterocycles. The lowest BCUT2D eigenvalue weighted by Gasteiger charge is -2.30. The van der Waals surface area contributed by atoms with Crippen LogP contribution in [0, 0.1) is 12.3 Å². The molecule has 34 heavy (non-hydrogen) atoms. The van der Waals surface area contributed by atoms with E-state index in [2.05, 4.69) is 16.2 Å². The maximum atomic E-state index is 13.1. The van der Waals surface area contributed by atoms with Gasteiger partial charge in [0.2, 0.25) is 5.69 Å². The van der Waals surface area contributed by atoms with Gasteiger partial charge in [-0.2, -0.15) is 0 Å². The number of hydrogen-bond donors (Lipinski definition) is 4. The van der Waals surface area contributed by atoms with Gasteiger partial charge in [0.05, 0.1) is 17.4 Å². The standard InChI is InChI=1S/C26H33N5O3/c1-6-26(33)12-10-19(11-13-26)28-16-18-14-21(24(30(4)5)15-20(18)27)29-25(32)23-9-7-8-22(17(2)3)31(23)34/h1,7-9,14-17,19,27,32-34H,10-13H2,2-5H3/p+1. The number of aromatic nitrogens is 1. The van der Waals surface area contributed by atoms with Crippen LogP contribution >= 0.6 is 0 Å². The number of aliphatic hydroxyl groups is 1. The van der Waals surface area contributed by atoms with Gasteiger partial charge in [-0.1, -0.05) is 19.8 Å². The van der Waals surface area contributed by atoms with Gasteiger partial charge in [-0.05, 0) is 43.9 Å². The highest BCUT2D eigenvalue weighted by molar-refractivity contribution is 6.05.